The fraction of sp³-hybridized carbons (Fsp3) is 0.889. The van der Waals surface area contributed by atoms with E-state index < -0.39 is 6.03 Å². The molecule has 1 aliphatic heterocycles. The fourth-order valence-electron chi connectivity index (χ4n) is 1.81. The molecular weight excluding hydrogens is 166 g/mol. The van der Waals surface area contributed by atoms with Crippen LogP contribution in [-0.2, 0) is 0 Å². The van der Waals surface area contributed by atoms with E-state index in [-0.39, 0.29) is 6.04 Å². The number of nitrogens with one attached hydrogen (secondary N) is 2. The second kappa shape index (κ2) is 5.07. The van der Waals surface area contributed by atoms with Crippen molar-refractivity contribution < 1.29 is 4.79 Å². The SMILES string of the molecule is CC(NC(N)=O)C1CCCCCN1. The summed E-state index contributed by atoms with van der Waals surface area (Å²) in [5, 5.41) is 6.13. The van der Waals surface area contributed by atoms with Gasteiger partial charge in [0.05, 0.1) is 0 Å². The van der Waals surface area contributed by atoms with Crippen molar-refractivity contribution in [2.24, 2.45) is 5.73 Å². The molecule has 1 fully saturated rings. The maximum Gasteiger partial charge on any atom is 0.312 e. The molecule has 13 heavy (non-hydrogen) atoms. The van der Waals surface area contributed by atoms with Gasteiger partial charge in [-0.3, -0.25) is 0 Å². The van der Waals surface area contributed by atoms with Gasteiger partial charge >= 0.3 is 6.03 Å². The van der Waals surface area contributed by atoms with Crippen LogP contribution in [0.1, 0.15) is 32.6 Å². The molecule has 0 spiro atoms. The van der Waals surface area contributed by atoms with Crippen molar-refractivity contribution in [3.63, 3.8) is 0 Å². The zero-order valence-electron chi connectivity index (χ0n) is 8.18. The molecule has 2 atom stereocenters. The van der Waals surface area contributed by atoms with Gasteiger partial charge in [0, 0.05) is 12.1 Å². The quantitative estimate of drug-likeness (QED) is 0.589. The molecule has 76 valence electrons. The summed E-state index contributed by atoms with van der Waals surface area (Å²) in [6.45, 7) is 3.04. The summed E-state index contributed by atoms with van der Waals surface area (Å²) in [4.78, 5) is 10.6. The minimum absolute atomic E-state index is 0.135. The highest BCUT2D eigenvalue weighted by Gasteiger charge is 2.18. The van der Waals surface area contributed by atoms with Crippen LogP contribution in [0.15, 0.2) is 0 Å². The summed E-state index contributed by atoms with van der Waals surface area (Å²) in [6, 6.07) is 0.0872. The number of rotatable bonds is 2. The Bertz CT molecular complexity index is 164. The Labute approximate surface area is 79.3 Å². The molecule has 1 rings (SSSR count). The van der Waals surface area contributed by atoms with E-state index in [1.165, 1.54) is 19.3 Å². The first kappa shape index (κ1) is 10.3. The molecule has 4 heteroatoms. The molecule has 0 saturated carbocycles. The Balaban J connectivity index is 2.34. The van der Waals surface area contributed by atoms with Gasteiger partial charge in [-0.15, -0.1) is 0 Å². The summed E-state index contributed by atoms with van der Waals surface area (Å²) in [5.74, 6) is 0. The molecule has 0 aromatic heterocycles. The van der Waals surface area contributed by atoms with Gasteiger partial charge in [0.2, 0.25) is 0 Å². The van der Waals surface area contributed by atoms with Crippen LogP contribution >= 0.6 is 0 Å². The van der Waals surface area contributed by atoms with E-state index in [2.05, 4.69) is 10.6 Å². The van der Waals surface area contributed by atoms with Crippen LogP contribution in [0.2, 0.25) is 0 Å². The van der Waals surface area contributed by atoms with Crippen LogP contribution in [0.5, 0.6) is 0 Å². The Morgan fingerprint density at radius 2 is 2.31 bits per heavy atom. The highest BCUT2D eigenvalue weighted by Crippen LogP contribution is 2.10. The van der Waals surface area contributed by atoms with E-state index in [1.54, 1.807) is 0 Å². The van der Waals surface area contributed by atoms with Gasteiger partial charge in [-0.05, 0) is 26.3 Å². The molecular formula is C9H19N3O. The molecule has 0 aromatic rings. The molecule has 1 heterocycles. The van der Waals surface area contributed by atoms with Gasteiger partial charge in [0.15, 0.2) is 0 Å². The molecule has 0 bridgehead atoms. The lowest BCUT2D eigenvalue weighted by molar-refractivity contribution is 0.242. The highest BCUT2D eigenvalue weighted by atomic mass is 16.2. The molecule has 1 aliphatic rings. The number of amides is 2. The minimum atomic E-state index is -0.432. The summed E-state index contributed by atoms with van der Waals surface area (Å²) in [7, 11) is 0. The predicted molar refractivity (Wildman–Crippen MR) is 52.4 cm³/mol. The second-order valence-corrected chi connectivity index (χ2v) is 3.71. The monoisotopic (exact) mass is 185 g/mol. The third-order valence-electron chi connectivity index (χ3n) is 2.57. The number of hydrogen-bond acceptors (Lipinski definition) is 2. The van der Waals surface area contributed by atoms with Crippen molar-refractivity contribution in [1.29, 1.82) is 0 Å². The lowest BCUT2D eigenvalue weighted by atomic mass is 10.0. The molecule has 1 saturated heterocycles. The van der Waals surface area contributed by atoms with Crippen molar-refractivity contribution in [2.45, 2.75) is 44.7 Å². The van der Waals surface area contributed by atoms with Crippen LogP contribution in [0.3, 0.4) is 0 Å². The van der Waals surface area contributed by atoms with Gasteiger partial charge in [-0.25, -0.2) is 4.79 Å². The fourth-order valence-corrected chi connectivity index (χ4v) is 1.81. The Kier molecular flexibility index (Phi) is 4.02. The number of nitrogens with two attached hydrogens (primary N) is 1. The van der Waals surface area contributed by atoms with Crippen LogP contribution in [-0.4, -0.2) is 24.7 Å². The van der Waals surface area contributed by atoms with E-state index in [4.69, 9.17) is 5.73 Å². The summed E-state index contributed by atoms with van der Waals surface area (Å²) < 4.78 is 0. The number of hydrogen-bond donors (Lipinski definition) is 3. The smallest absolute Gasteiger partial charge is 0.312 e. The van der Waals surface area contributed by atoms with Crippen LogP contribution < -0.4 is 16.4 Å². The third-order valence-corrected chi connectivity index (χ3v) is 2.57. The summed E-state index contributed by atoms with van der Waals surface area (Å²) in [6.07, 6.45) is 4.89. The molecule has 0 radical (unpaired) electrons. The summed E-state index contributed by atoms with van der Waals surface area (Å²) >= 11 is 0. The molecule has 4 nitrogen and oxygen atoms in total. The van der Waals surface area contributed by atoms with Gasteiger partial charge < -0.3 is 16.4 Å². The lowest BCUT2D eigenvalue weighted by Crippen LogP contribution is -2.49. The predicted octanol–water partition coefficient (Wildman–Crippen LogP) is 0.575. The van der Waals surface area contributed by atoms with Crippen LogP contribution in [0.25, 0.3) is 0 Å². The van der Waals surface area contributed by atoms with E-state index >= 15 is 0 Å². The zero-order chi connectivity index (χ0) is 9.68. The standard InChI is InChI=1S/C9H19N3O/c1-7(12-9(10)13)8-5-3-2-4-6-11-8/h7-8,11H,2-6H2,1H3,(H3,10,12,13). The maximum absolute atomic E-state index is 10.6. The molecule has 2 amide bonds. The summed E-state index contributed by atoms with van der Waals surface area (Å²) in [5.41, 5.74) is 5.06. The van der Waals surface area contributed by atoms with E-state index in [9.17, 15) is 4.79 Å². The van der Waals surface area contributed by atoms with Crippen molar-refractivity contribution in [2.75, 3.05) is 6.54 Å². The number of carbonyl (C=O) groups excluding carboxylic acids is 1. The molecule has 0 aromatic carbocycles. The second-order valence-electron chi connectivity index (χ2n) is 3.71. The first-order chi connectivity index (χ1) is 6.20. The van der Waals surface area contributed by atoms with Gasteiger partial charge in [-0.2, -0.15) is 0 Å². The first-order valence-electron chi connectivity index (χ1n) is 4.99. The number of carbonyl (C=O) groups is 1. The van der Waals surface area contributed by atoms with Crippen molar-refractivity contribution in [3.05, 3.63) is 0 Å². The van der Waals surface area contributed by atoms with Gasteiger partial charge in [-0.1, -0.05) is 12.8 Å². The van der Waals surface area contributed by atoms with Gasteiger partial charge in [0.1, 0.15) is 0 Å². The number of urea groups is 1. The van der Waals surface area contributed by atoms with Crippen LogP contribution in [0, 0.1) is 0 Å². The molecule has 0 aliphatic carbocycles. The zero-order valence-corrected chi connectivity index (χ0v) is 8.18. The normalized spacial score (nSPS) is 26.1. The minimum Gasteiger partial charge on any atom is -0.352 e. The lowest BCUT2D eigenvalue weighted by Gasteiger charge is -2.23. The van der Waals surface area contributed by atoms with E-state index in [0.717, 1.165) is 13.0 Å². The van der Waals surface area contributed by atoms with E-state index in [1.807, 2.05) is 6.92 Å². The Morgan fingerprint density at radius 3 is 3.00 bits per heavy atom. The van der Waals surface area contributed by atoms with Crippen LogP contribution in [0.4, 0.5) is 4.79 Å². The highest BCUT2D eigenvalue weighted by molar-refractivity contribution is 5.71. The van der Waals surface area contributed by atoms with Crippen molar-refractivity contribution >= 4 is 6.03 Å². The van der Waals surface area contributed by atoms with Crippen molar-refractivity contribution in [1.82, 2.24) is 10.6 Å². The number of primary amides is 1. The van der Waals surface area contributed by atoms with E-state index in [0.29, 0.717) is 6.04 Å². The average Bonchev–Trinajstić information content (AvgIpc) is 2.29. The van der Waals surface area contributed by atoms with Gasteiger partial charge in [0.25, 0.3) is 0 Å². The topological polar surface area (TPSA) is 67.1 Å². The first-order valence-corrected chi connectivity index (χ1v) is 4.99. The van der Waals surface area contributed by atoms with Crippen molar-refractivity contribution in [3.8, 4) is 0 Å². The maximum atomic E-state index is 10.6. The Hall–Kier alpha value is -0.770. The third kappa shape index (κ3) is 3.63. The Morgan fingerprint density at radius 1 is 1.54 bits per heavy atom. The molecule has 2 unspecified atom stereocenters. The largest absolute Gasteiger partial charge is 0.352 e. The molecule has 4 N–H and O–H groups in total. The average molecular weight is 185 g/mol.